The van der Waals surface area contributed by atoms with Gasteiger partial charge in [0, 0.05) is 23.7 Å². The first-order chi connectivity index (χ1) is 15.6. The smallest absolute Gasteiger partial charge is 0.257 e. The summed E-state index contributed by atoms with van der Waals surface area (Å²) in [6.07, 6.45) is 2.06. The van der Waals surface area contributed by atoms with E-state index in [2.05, 4.69) is 22.2 Å². The Morgan fingerprint density at radius 1 is 1.16 bits per heavy atom. The lowest BCUT2D eigenvalue weighted by molar-refractivity contribution is -0.116. The van der Waals surface area contributed by atoms with Crippen LogP contribution in [-0.2, 0) is 10.5 Å². The summed E-state index contributed by atoms with van der Waals surface area (Å²) in [6, 6.07) is 13.9. The number of carbonyl (C=O) groups is 1. The number of fused-ring (bicyclic) bond motifs is 1. The molecule has 3 aromatic rings. The second-order valence-corrected chi connectivity index (χ2v) is 8.52. The lowest BCUT2D eigenvalue weighted by atomic mass is 9.86. The minimum atomic E-state index is -0.460. The van der Waals surface area contributed by atoms with Crippen LogP contribution in [0.5, 0.6) is 5.75 Å². The van der Waals surface area contributed by atoms with Crippen LogP contribution in [0, 0.1) is 5.82 Å². The fraction of sp³-hybridized carbons (Fsp3) is 0.292. The summed E-state index contributed by atoms with van der Waals surface area (Å²) < 4.78 is 19.8. The standard InChI is InChI=1S/C24H24FN3O3S/c1-2-3-12-31-19-11-7-5-9-16(19)17-13-20(29)26-22-21(17)23(30)28-24(27-22)32-14-15-8-4-6-10-18(15)25/h4-11,17H,2-3,12-14H2,1H3,(H2,26,27,28,29,30)/t17-/m1/s1. The molecule has 1 aliphatic heterocycles. The van der Waals surface area contributed by atoms with Crippen molar-refractivity contribution in [2.45, 2.75) is 43.0 Å². The number of para-hydroxylation sites is 1. The summed E-state index contributed by atoms with van der Waals surface area (Å²) in [5.74, 6) is 0.235. The first-order valence-corrected chi connectivity index (χ1v) is 11.6. The zero-order chi connectivity index (χ0) is 22.5. The van der Waals surface area contributed by atoms with Gasteiger partial charge in [0.05, 0.1) is 12.2 Å². The Labute approximate surface area is 189 Å². The highest BCUT2D eigenvalue weighted by Gasteiger charge is 2.32. The minimum Gasteiger partial charge on any atom is -0.493 e. The number of rotatable bonds is 8. The van der Waals surface area contributed by atoms with Crippen LogP contribution in [0.2, 0.25) is 0 Å². The largest absolute Gasteiger partial charge is 0.493 e. The number of amides is 1. The molecule has 0 bridgehead atoms. The topological polar surface area (TPSA) is 84.1 Å². The van der Waals surface area contributed by atoms with Crippen molar-refractivity contribution < 1.29 is 13.9 Å². The van der Waals surface area contributed by atoms with Gasteiger partial charge in [-0.3, -0.25) is 9.59 Å². The Morgan fingerprint density at radius 3 is 2.75 bits per heavy atom. The molecule has 0 radical (unpaired) electrons. The first-order valence-electron chi connectivity index (χ1n) is 10.6. The molecule has 32 heavy (non-hydrogen) atoms. The van der Waals surface area contributed by atoms with E-state index in [0.29, 0.717) is 34.4 Å². The Hall–Kier alpha value is -3.13. The highest BCUT2D eigenvalue weighted by atomic mass is 32.2. The van der Waals surface area contributed by atoms with Gasteiger partial charge >= 0.3 is 0 Å². The number of ether oxygens (including phenoxy) is 1. The van der Waals surface area contributed by atoms with Crippen LogP contribution >= 0.6 is 11.8 Å². The zero-order valence-corrected chi connectivity index (χ0v) is 18.5. The van der Waals surface area contributed by atoms with Gasteiger partial charge in [0.1, 0.15) is 17.4 Å². The van der Waals surface area contributed by atoms with Crippen LogP contribution in [0.25, 0.3) is 0 Å². The van der Waals surface area contributed by atoms with Crippen LogP contribution in [0.15, 0.2) is 58.5 Å². The van der Waals surface area contributed by atoms with E-state index in [0.717, 1.165) is 18.4 Å². The number of anilines is 1. The predicted molar refractivity (Wildman–Crippen MR) is 123 cm³/mol. The van der Waals surface area contributed by atoms with Gasteiger partial charge in [-0.05, 0) is 24.1 Å². The molecular weight excluding hydrogens is 429 g/mol. The fourth-order valence-electron chi connectivity index (χ4n) is 3.67. The Balaban J connectivity index is 1.64. The number of aromatic amines is 1. The third-order valence-electron chi connectivity index (χ3n) is 5.30. The fourth-order valence-corrected chi connectivity index (χ4v) is 4.52. The number of nitrogens with one attached hydrogen (secondary N) is 2. The van der Waals surface area contributed by atoms with E-state index in [1.54, 1.807) is 18.2 Å². The van der Waals surface area contributed by atoms with Crippen molar-refractivity contribution in [1.29, 1.82) is 0 Å². The lowest BCUT2D eigenvalue weighted by Gasteiger charge is -2.26. The summed E-state index contributed by atoms with van der Waals surface area (Å²) in [4.78, 5) is 32.8. The molecule has 0 spiro atoms. The molecule has 0 saturated carbocycles. The Kier molecular flexibility index (Phi) is 6.90. The average molecular weight is 454 g/mol. The molecule has 1 aliphatic rings. The van der Waals surface area contributed by atoms with E-state index >= 15 is 0 Å². The number of hydrogen-bond donors (Lipinski definition) is 2. The van der Waals surface area contributed by atoms with Crippen molar-refractivity contribution in [3.63, 3.8) is 0 Å². The summed E-state index contributed by atoms with van der Waals surface area (Å²) in [6.45, 7) is 2.66. The highest BCUT2D eigenvalue weighted by molar-refractivity contribution is 7.98. The van der Waals surface area contributed by atoms with Gasteiger partial charge in [0.25, 0.3) is 5.56 Å². The average Bonchev–Trinajstić information content (AvgIpc) is 2.78. The third kappa shape index (κ3) is 4.85. The Bertz CT molecular complexity index is 1180. The number of hydrogen-bond acceptors (Lipinski definition) is 5. The van der Waals surface area contributed by atoms with Crippen LogP contribution in [-0.4, -0.2) is 22.5 Å². The molecule has 2 heterocycles. The van der Waals surface area contributed by atoms with E-state index in [-0.39, 0.29) is 29.5 Å². The number of thioether (sulfide) groups is 1. The maximum absolute atomic E-state index is 13.9. The van der Waals surface area contributed by atoms with Crippen LogP contribution in [0.1, 0.15) is 48.8 Å². The van der Waals surface area contributed by atoms with Crippen molar-refractivity contribution in [2.24, 2.45) is 0 Å². The van der Waals surface area contributed by atoms with E-state index in [9.17, 15) is 14.0 Å². The third-order valence-corrected chi connectivity index (χ3v) is 6.22. The molecule has 0 saturated heterocycles. The number of carbonyl (C=O) groups excluding carboxylic acids is 1. The quantitative estimate of drug-likeness (QED) is 0.289. The van der Waals surface area contributed by atoms with Gasteiger partial charge in [-0.15, -0.1) is 0 Å². The maximum Gasteiger partial charge on any atom is 0.257 e. The number of H-pyrrole nitrogens is 1. The van der Waals surface area contributed by atoms with Gasteiger partial charge in [-0.25, -0.2) is 9.37 Å². The van der Waals surface area contributed by atoms with Crippen LogP contribution < -0.4 is 15.6 Å². The molecule has 0 unspecified atom stereocenters. The second kappa shape index (κ2) is 9.99. The van der Waals surface area contributed by atoms with Gasteiger partial charge in [0.2, 0.25) is 5.91 Å². The van der Waals surface area contributed by atoms with E-state index in [1.165, 1.54) is 17.8 Å². The molecule has 1 atom stereocenters. The summed E-state index contributed by atoms with van der Waals surface area (Å²) in [5, 5.41) is 3.05. The Morgan fingerprint density at radius 2 is 1.94 bits per heavy atom. The summed E-state index contributed by atoms with van der Waals surface area (Å²) >= 11 is 1.21. The van der Waals surface area contributed by atoms with Crippen LogP contribution in [0.3, 0.4) is 0 Å². The van der Waals surface area contributed by atoms with E-state index < -0.39 is 5.92 Å². The molecule has 2 aromatic carbocycles. The van der Waals surface area contributed by atoms with Gasteiger partial charge in [0.15, 0.2) is 5.16 Å². The van der Waals surface area contributed by atoms with Crippen molar-refractivity contribution in [3.8, 4) is 5.75 Å². The second-order valence-electron chi connectivity index (χ2n) is 7.56. The molecule has 8 heteroatoms. The van der Waals surface area contributed by atoms with Crippen molar-refractivity contribution in [2.75, 3.05) is 11.9 Å². The number of benzene rings is 2. The minimum absolute atomic E-state index is 0.133. The lowest BCUT2D eigenvalue weighted by Crippen LogP contribution is -2.31. The normalized spacial score (nSPS) is 15.2. The molecule has 6 nitrogen and oxygen atoms in total. The van der Waals surface area contributed by atoms with Gasteiger partial charge in [-0.2, -0.15) is 0 Å². The SMILES string of the molecule is CCCCOc1ccccc1[C@H]1CC(=O)Nc2nc(SCc3ccccc3F)[nH]c(=O)c21. The monoisotopic (exact) mass is 453 g/mol. The molecule has 0 fully saturated rings. The maximum atomic E-state index is 13.9. The number of unbranched alkanes of at least 4 members (excludes halogenated alkanes) is 1. The number of halogens is 1. The van der Waals surface area contributed by atoms with Crippen LogP contribution in [0.4, 0.5) is 10.2 Å². The first kappa shape index (κ1) is 22.1. The highest BCUT2D eigenvalue weighted by Crippen LogP contribution is 2.38. The molecule has 0 aliphatic carbocycles. The molecule has 1 aromatic heterocycles. The predicted octanol–water partition coefficient (Wildman–Crippen LogP) is 4.85. The molecule has 4 rings (SSSR count). The van der Waals surface area contributed by atoms with Crippen molar-refractivity contribution in [1.82, 2.24) is 9.97 Å². The summed E-state index contributed by atoms with van der Waals surface area (Å²) in [5.41, 5.74) is 1.39. The van der Waals surface area contributed by atoms with Crippen molar-refractivity contribution >= 4 is 23.5 Å². The molecule has 166 valence electrons. The summed E-state index contributed by atoms with van der Waals surface area (Å²) in [7, 11) is 0. The van der Waals surface area contributed by atoms with Gasteiger partial charge < -0.3 is 15.0 Å². The number of nitrogens with zero attached hydrogens (tertiary/aromatic N) is 1. The zero-order valence-electron chi connectivity index (χ0n) is 17.7. The van der Waals surface area contributed by atoms with E-state index in [4.69, 9.17) is 4.74 Å². The molecule has 1 amide bonds. The molecular formula is C24H24FN3O3S. The van der Waals surface area contributed by atoms with Crippen molar-refractivity contribution in [3.05, 3.63) is 81.4 Å². The van der Waals surface area contributed by atoms with E-state index in [1.807, 2.05) is 24.3 Å². The molecule has 2 N–H and O–H groups in total. The number of aromatic nitrogens is 2. The van der Waals surface area contributed by atoms with Gasteiger partial charge in [-0.1, -0.05) is 61.5 Å².